The average molecular weight is 855 g/mol. The number of aromatic nitrogens is 1. The molecule has 3 nitrogen and oxygen atoms in total. The lowest BCUT2D eigenvalue weighted by Gasteiger charge is -2.26. The van der Waals surface area contributed by atoms with Crippen LogP contribution < -0.4 is 4.90 Å². The van der Waals surface area contributed by atoms with Crippen molar-refractivity contribution in [1.82, 2.24) is 4.57 Å². The first-order valence-corrected chi connectivity index (χ1v) is 22.9. The summed E-state index contributed by atoms with van der Waals surface area (Å²) in [5.41, 5.74) is 17.6. The van der Waals surface area contributed by atoms with Crippen molar-refractivity contribution in [2.24, 2.45) is 0 Å². The van der Waals surface area contributed by atoms with Crippen LogP contribution >= 0.6 is 0 Å². The number of hydrogen-bond donors (Lipinski definition) is 0. The molecule has 67 heavy (non-hydrogen) atoms. The van der Waals surface area contributed by atoms with Crippen molar-refractivity contribution in [3.8, 4) is 50.2 Å². The Hall–Kier alpha value is -8.92. The highest BCUT2D eigenvalue weighted by Crippen LogP contribution is 2.47. The predicted molar refractivity (Wildman–Crippen MR) is 282 cm³/mol. The molecule has 0 aliphatic rings. The Morgan fingerprint density at radius 3 is 1.46 bits per heavy atom. The Kier molecular flexibility index (Phi) is 9.17. The molecule has 0 fully saturated rings. The number of anilines is 3. The molecule has 0 amide bonds. The van der Waals surface area contributed by atoms with Crippen molar-refractivity contribution < 1.29 is 4.42 Å². The topological polar surface area (TPSA) is 21.3 Å². The highest BCUT2D eigenvalue weighted by Gasteiger charge is 2.23. The van der Waals surface area contributed by atoms with E-state index in [2.05, 4.69) is 264 Å². The van der Waals surface area contributed by atoms with E-state index in [0.29, 0.717) is 0 Å². The highest BCUT2D eigenvalue weighted by molar-refractivity contribution is 6.24. The largest absolute Gasteiger partial charge is 0.453 e. The van der Waals surface area contributed by atoms with E-state index in [1.54, 1.807) is 0 Å². The van der Waals surface area contributed by atoms with E-state index >= 15 is 0 Å². The molecular formula is C64H42N2O. The minimum absolute atomic E-state index is 0.846. The number of furan rings is 1. The minimum Gasteiger partial charge on any atom is -0.453 e. The van der Waals surface area contributed by atoms with Gasteiger partial charge in [0.05, 0.1) is 16.7 Å². The SMILES string of the molecule is c1ccc(-c2ccc(N(c3ccc(-c4ccc5c(c4)c4ccccc4n5-c4ccc(-c5ccccc5)cc4)cc3)c3cccc4c3oc3c(-c5ccccc5)cc5ccccc5c34)cc2)cc1. The van der Waals surface area contributed by atoms with E-state index < -0.39 is 0 Å². The Bertz CT molecular complexity index is 3930. The maximum absolute atomic E-state index is 7.18. The molecule has 0 unspecified atom stereocenters. The van der Waals surface area contributed by atoms with Crippen molar-refractivity contribution in [1.29, 1.82) is 0 Å². The van der Waals surface area contributed by atoms with Gasteiger partial charge in [0.1, 0.15) is 5.58 Å². The lowest BCUT2D eigenvalue weighted by molar-refractivity contribution is 0.670. The molecule has 0 N–H and O–H groups in total. The van der Waals surface area contributed by atoms with E-state index in [4.69, 9.17) is 4.42 Å². The van der Waals surface area contributed by atoms with Crippen molar-refractivity contribution >= 4 is 71.6 Å². The molecule has 0 saturated heterocycles. The van der Waals surface area contributed by atoms with Gasteiger partial charge in [0, 0.05) is 44.2 Å². The second-order valence-corrected chi connectivity index (χ2v) is 17.3. The number of para-hydroxylation sites is 2. The first kappa shape index (κ1) is 38.5. The van der Waals surface area contributed by atoms with Crippen LogP contribution in [0.4, 0.5) is 17.1 Å². The fraction of sp³-hybridized carbons (Fsp3) is 0. The molecule has 3 heteroatoms. The van der Waals surface area contributed by atoms with Gasteiger partial charge in [-0.25, -0.2) is 0 Å². The molecule has 0 aliphatic heterocycles. The summed E-state index contributed by atoms with van der Waals surface area (Å²) in [6.45, 7) is 0. The van der Waals surface area contributed by atoms with Crippen LogP contribution in [0.3, 0.4) is 0 Å². The molecule has 13 rings (SSSR count). The Balaban J connectivity index is 0.939. The molecule has 0 radical (unpaired) electrons. The van der Waals surface area contributed by atoms with Crippen molar-refractivity contribution in [2.45, 2.75) is 0 Å². The molecule has 314 valence electrons. The fourth-order valence-electron chi connectivity index (χ4n) is 10.2. The fourth-order valence-corrected chi connectivity index (χ4v) is 10.2. The Morgan fingerprint density at radius 1 is 0.313 bits per heavy atom. The van der Waals surface area contributed by atoms with E-state index in [1.165, 1.54) is 60.4 Å². The summed E-state index contributed by atoms with van der Waals surface area (Å²) in [4.78, 5) is 2.34. The molecule has 0 atom stereocenters. The van der Waals surface area contributed by atoms with Gasteiger partial charge in [-0.1, -0.05) is 188 Å². The zero-order chi connectivity index (χ0) is 44.3. The van der Waals surface area contributed by atoms with Gasteiger partial charge in [-0.05, 0) is 116 Å². The van der Waals surface area contributed by atoms with Crippen LogP contribution in [0.25, 0.3) is 105 Å². The maximum Gasteiger partial charge on any atom is 0.159 e. The quantitative estimate of drug-likeness (QED) is 0.152. The summed E-state index contributed by atoms with van der Waals surface area (Å²) < 4.78 is 9.57. The number of rotatable bonds is 8. The summed E-state index contributed by atoms with van der Waals surface area (Å²) in [7, 11) is 0. The molecule has 11 aromatic carbocycles. The third-order valence-electron chi connectivity index (χ3n) is 13.4. The zero-order valence-electron chi connectivity index (χ0n) is 36.6. The van der Waals surface area contributed by atoms with Gasteiger partial charge in [0.2, 0.25) is 0 Å². The van der Waals surface area contributed by atoms with Crippen LogP contribution in [0.15, 0.2) is 259 Å². The molecular weight excluding hydrogens is 813 g/mol. The summed E-state index contributed by atoms with van der Waals surface area (Å²) in [6, 6.07) is 91.6. The van der Waals surface area contributed by atoms with Gasteiger partial charge in [0.25, 0.3) is 0 Å². The van der Waals surface area contributed by atoms with Crippen LogP contribution in [0, 0.1) is 0 Å². The highest BCUT2D eigenvalue weighted by atomic mass is 16.3. The number of hydrogen-bond acceptors (Lipinski definition) is 2. The second-order valence-electron chi connectivity index (χ2n) is 17.3. The number of fused-ring (bicyclic) bond motifs is 8. The minimum atomic E-state index is 0.846. The summed E-state index contributed by atoms with van der Waals surface area (Å²) in [6.07, 6.45) is 0. The van der Waals surface area contributed by atoms with Crippen molar-refractivity contribution in [2.75, 3.05) is 4.90 Å². The summed E-state index contributed by atoms with van der Waals surface area (Å²) >= 11 is 0. The summed E-state index contributed by atoms with van der Waals surface area (Å²) in [5, 5.41) is 7.04. The molecule has 13 aromatic rings. The maximum atomic E-state index is 7.18. The van der Waals surface area contributed by atoms with Crippen LogP contribution in [0.1, 0.15) is 0 Å². The van der Waals surface area contributed by atoms with Crippen molar-refractivity contribution in [3.05, 3.63) is 255 Å². The lowest BCUT2D eigenvalue weighted by Crippen LogP contribution is -2.10. The predicted octanol–water partition coefficient (Wildman–Crippen LogP) is 18.0. The molecule has 2 aromatic heterocycles. The van der Waals surface area contributed by atoms with E-state index in [1.807, 2.05) is 0 Å². The Morgan fingerprint density at radius 2 is 0.806 bits per heavy atom. The molecule has 2 heterocycles. The van der Waals surface area contributed by atoms with E-state index in [0.717, 1.165) is 61.4 Å². The molecule has 0 spiro atoms. The van der Waals surface area contributed by atoms with Gasteiger partial charge >= 0.3 is 0 Å². The third kappa shape index (κ3) is 6.59. The van der Waals surface area contributed by atoms with Crippen LogP contribution in [-0.2, 0) is 0 Å². The van der Waals surface area contributed by atoms with Crippen LogP contribution in [0.2, 0.25) is 0 Å². The van der Waals surface area contributed by atoms with Gasteiger partial charge < -0.3 is 13.9 Å². The van der Waals surface area contributed by atoms with Gasteiger partial charge in [0.15, 0.2) is 5.58 Å². The van der Waals surface area contributed by atoms with Crippen LogP contribution in [0.5, 0.6) is 0 Å². The normalized spacial score (nSPS) is 11.6. The zero-order valence-corrected chi connectivity index (χ0v) is 36.6. The third-order valence-corrected chi connectivity index (χ3v) is 13.4. The number of benzene rings is 11. The first-order valence-electron chi connectivity index (χ1n) is 22.9. The second kappa shape index (κ2) is 16.0. The van der Waals surface area contributed by atoms with E-state index in [9.17, 15) is 0 Å². The van der Waals surface area contributed by atoms with Gasteiger partial charge in [-0.2, -0.15) is 0 Å². The summed E-state index contributed by atoms with van der Waals surface area (Å²) in [5.74, 6) is 0. The smallest absolute Gasteiger partial charge is 0.159 e. The lowest BCUT2D eigenvalue weighted by atomic mass is 9.96. The first-order chi connectivity index (χ1) is 33.2. The molecule has 0 saturated carbocycles. The Labute approximate surface area is 388 Å². The van der Waals surface area contributed by atoms with E-state index in [-0.39, 0.29) is 0 Å². The van der Waals surface area contributed by atoms with Gasteiger partial charge in [-0.15, -0.1) is 0 Å². The molecule has 0 aliphatic carbocycles. The average Bonchev–Trinajstić information content (AvgIpc) is 3.97. The van der Waals surface area contributed by atoms with Crippen LogP contribution in [-0.4, -0.2) is 4.57 Å². The number of nitrogens with zero attached hydrogens (tertiary/aromatic N) is 2. The standard InChI is InChI=1S/C64H42N2O/c1-4-15-43(16-5-1)45-27-34-51(35-28-45)65(61-26-14-24-56-62-54-22-11-10-21-50(54)42-57(64(62)67-63(56)61)48-19-8-3-9-20-48)52-36-31-47(32-37-52)49-33-40-60-58(41-49)55-23-12-13-25-59(55)66(60)53-38-29-46(30-39-53)44-17-6-2-7-18-44/h1-42H. The van der Waals surface area contributed by atoms with Gasteiger partial charge in [-0.3, -0.25) is 0 Å². The van der Waals surface area contributed by atoms with Crippen molar-refractivity contribution in [3.63, 3.8) is 0 Å². The monoisotopic (exact) mass is 854 g/mol. The molecule has 0 bridgehead atoms.